The summed E-state index contributed by atoms with van der Waals surface area (Å²) in [4.78, 5) is 12.5. The standard InChI is InChI=1S/C22H30O4/c1-15-8-7-13-22(3,4)20(24)14-16(2)19(12-11-15)26-21(25)17-9-5-6-10-18(17)23/h5-6,9-11,14,19-20,23-24H,7-8,12-13H2,1-4H3/b15-11+,16-14+/t19-,20-/m1/s1. The molecule has 1 aliphatic carbocycles. The summed E-state index contributed by atoms with van der Waals surface area (Å²) in [5, 5.41) is 20.5. The first-order valence-electron chi connectivity index (χ1n) is 9.21. The predicted molar refractivity (Wildman–Crippen MR) is 103 cm³/mol. The van der Waals surface area contributed by atoms with Crippen LogP contribution in [0.4, 0.5) is 0 Å². The summed E-state index contributed by atoms with van der Waals surface area (Å²) in [6.45, 7) is 8.08. The molecule has 0 spiro atoms. The largest absolute Gasteiger partial charge is 0.507 e. The highest BCUT2D eigenvalue weighted by molar-refractivity contribution is 5.92. The fourth-order valence-corrected chi connectivity index (χ4v) is 3.13. The van der Waals surface area contributed by atoms with E-state index in [1.165, 1.54) is 11.6 Å². The summed E-state index contributed by atoms with van der Waals surface area (Å²) < 4.78 is 5.69. The number of esters is 1. The van der Waals surface area contributed by atoms with Gasteiger partial charge in [0.25, 0.3) is 0 Å². The minimum absolute atomic E-state index is 0.0938. The van der Waals surface area contributed by atoms with E-state index in [0.29, 0.717) is 6.42 Å². The van der Waals surface area contributed by atoms with Crippen molar-refractivity contribution in [2.75, 3.05) is 0 Å². The zero-order valence-electron chi connectivity index (χ0n) is 16.2. The molecule has 0 radical (unpaired) electrons. The molecule has 0 saturated carbocycles. The summed E-state index contributed by atoms with van der Waals surface area (Å²) in [6.07, 6.45) is 6.29. The number of allylic oxidation sites excluding steroid dienone is 1. The Kier molecular flexibility index (Phi) is 6.65. The Morgan fingerprint density at radius 3 is 2.62 bits per heavy atom. The normalized spacial score (nSPS) is 28.0. The Morgan fingerprint density at radius 2 is 1.92 bits per heavy atom. The van der Waals surface area contributed by atoms with Crippen LogP contribution in [0.15, 0.2) is 47.6 Å². The van der Waals surface area contributed by atoms with Gasteiger partial charge in [-0.05, 0) is 56.2 Å². The van der Waals surface area contributed by atoms with Gasteiger partial charge in [0.2, 0.25) is 0 Å². The smallest absolute Gasteiger partial charge is 0.342 e. The molecule has 0 heterocycles. The molecule has 0 aliphatic heterocycles. The number of rotatable bonds is 2. The van der Waals surface area contributed by atoms with Gasteiger partial charge in [0.05, 0.1) is 6.10 Å². The molecule has 2 atom stereocenters. The molecule has 2 N–H and O–H groups in total. The maximum atomic E-state index is 12.5. The lowest BCUT2D eigenvalue weighted by Gasteiger charge is -2.29. The number of carbonyl (C=O) groups excluding carboxylic acids is 1. The van der Waals surface area contributed by atoms with E-state index in [1.54, 1.807) is 24.3 Å². The van der Waals surface area contributed by atoms with Gasteiger partial charge in [-0.25, -0.2) is 4.79 Å². The van der Waals surface area contributed by atoms with Crippen LogP contribution < -0.4 is 0 Å². The first kappa shape index (κ1) is 20.2. The number of phenolic OH excluding ortho intramolecular Hbond substituents is 1. The van der Waals surface area contributed by atoms with Crippen molar-refractivity contribution < 1.29 is 19.7 Å². The second-order valence-corrected chi connectivity index (χ2v) is 7.89. The zero-order chi connectivity index (χ0) is 19.3. The molecule has 26 heavy (non-hydrogen) atoms. The summed E-state index contributed by atoms with van der Waals surface area (Å²) in [7, 11) is 0. The minimum atomic E-state index is -0.604. The summed E-state index contributed by atoms with van der Waals surface area (Å²) in [6, 6.07) is 6.36. The van der Waals surface area contributed by atoms with Crippen LogP contribution in [0.25, 0.3) is 0 Å². The van der Waals surface area contributed by atoms with Crippen molar-refractivity contribution in [1.29, 1.82) is 0 Å². The number of phenols is 1. The van der Waals surface area contributed by atoms with E-state index in [1.807, 2.05) is 6.92 Å². The van der Waals surface area contributed by atoms with Gasteiger partial charge in [-0.1, -0.05) is 43.7 Å². The topological polar surface area (TPSA) is 66.8 Å². The lowest BCUT2D eigenvalue weighted by atomic mass is 9.80. The van der Waals surface area contributed by atoms with E-state index in [0.717, 1.165) is 24.8 Å². The van der Waals surface area contributed by atoms with Gasteiger partial charge in [0, 0.05) is 6.42 Å². The van der Waals surface area contributed by atoms with Gasteiger partial charge in [0.1, 0.15) is 17.4 Å². The highest BCUT2D eigenvalue weighted by Crippen LogP contribution is 2.32. The lowest BCUT2D eigenvalue weighted by Crippen LogP contribution is -2.29. The van der Waals surface area contributed by atoms with Crippen LogP contribution in [0.3, 0.4) is 0 Å². The third-order valence-electron chi connectivity index (χ3n) is 5.18. The molecule has 0 saturated heterocycles. The van der Waals surface area contributed by atoms with Crippen molar-refractivity contribution in [3.63, 3.8) is 0 Å². The molecule has 142 valence electrons. The number of carbonyl (C=O) groups is 1. The molecular formula is C22H30O4. The van der Waals surface area contributed by atoms with E-state index in [-0.39, 0.29) is 16.7 Å². The van der Waals surface area contributed by atoms with E-state index in [9.17, 15) is 15.0 Å². The molecule has 4 nitrogen and oxygen atoms in total. The second-order valence-electron chi connectivity index (χ2n) is 7.89. The molecule has 1 aromatic rings. The third-order valence-corrected chi connectivity index (χ3v) is 5.18. The van der Waals surface area contributed by atoms with Gasteiger partial charge in [-0.15, -0.1) is 0 Å². The van der Waals surface area contributed by atoms with Crippen LogP contribution in [-0.4, -0.2) is 28.4 Å². The van der Waals surface area contributed by atoms with E-state index in [2.05, 4.69) is 26.8 Å². The van der Waals surface area contributed by atoms with Crippen LogP contribution >= 0.6 is 0 Å². The third kappa shape index (κ3) is 5.21. The molecule has 4 heteroatoms. The highest BCUT2D eigenvalue weighted by atomic mass is 16.5. The first-order valence-corrected chi connectivity index (χ1v) is 9.21. The van der Waals surface area contributed by atoms with Crippen molar-refractivity contribution in [3.05, 3.63) is 53.1 Å². The van der Waals surface area contributed by atoms with Crippen LogP contribution in [0.2, 0.25) is 0 Å². The quantitative estimate of drug-likeness (QED) is 0.590. The SMILES string of the molecule is C/C1=C\C[C@@H](OC(=O)c2ccccc2O)/C(C)=C/[C@@H](O)C(C)(C)CCC1. The van der Waals surface area contributed by atoms with Crippen molar-refractivity contribution >= 4 is 5.97 Å². The number of aliphatic hydroxyl groups excluding tert-OH is 1. The average Bonchev–Trinajstić information content (AvgIpc) is 2.58. The van der Waals surface area contributed by atoms with E-state index in [4.69, 9.17) is 4.74 Å². The number of ether oxygens (including phenoxy) is 1. The van der Waals surface area contributed by atoms with Gasteiger partial charge in [0.15, 0.2) is 0 Å². The number of aliphatic hydroxyl groups is 1. The minimum Gasteiger partial charge on any atom is -0.507 e. The fourth-order valence-electron chi connectivity index (χ4n) is 3.13. The predicted octanol–water partition coefficient (Wildman–Crippen LogP) is 4.77. The molecule has 1 aromatic carbocycles. The van der Waals surface area contributed by atoms with Crippen molar-refractivity contribution in [2.45, 2.75) is 65.6 Å². The van der Waals surface area contributed by atoms with Gasteiger partial charge >= 0.3 is 5.97 Å². The highest BCUT2D eigenvalue weighted by Gasteiger charge is 2.28. The number of benzene rings is 1. The Labute approximate surface area is 156 Å². The molecule has 0 aromatic heterocycles. The fraction of sp³-hybridized carbons (Fsp3) is 0.500. The van der Waals surface area contributed by atoms with Crippen molar-refractivity contribution in [1.82, 2.24) is 0 Å². The van der Waals surface area contributed by atoms with Crippen LogP contribution in [0.1, 0.15) is 63.7 Å². The Bertz CT molecular complexity index is 700. The molecule has 0 unspecified atom stereocenters. The van der Waals surface area contributed by atoms with Crippen LogP contribution in [0, 0.1) is 5.41 Å². The monoisotopic (exact) mass is 358 g/mol. The molecule has 0 fully saturated rings. The van der Waals surface area contributed by atoms with Gasteiger partial charge < -0.3 is 14.9 Å². The maximum Gasteiger partial charge on any atom is 0.342 e. The Hall–Kier alpha value is -2.07. The number of hydrogen-bond acceptors (Lipinski definition) is 4. The van der Waals surface area contributed by atoms with Crippen LogP contribution in [0.5, 0.6) is 5.75 Å². The molecule has 0 bridgehead atoms. The molecule has 0 amide bonds. The zero-order valence-corrected chi connectivity index (χ0v) is 16.2. The molecule has 2 rings (SSSR count). The molecular weight excluding hydrogens is 328 g/mol. The van der Waals surface area contributed by atoms with E-state index >= 15 is 0 Å². The summed E-state index contributed by atoms with van der Waals surface area (Å²) in [5.74, 6) is -0.654. The van der Waals surface area contributed by atoms with Gasteiger partial charge in [-0.3, -0.25) is 0 Å². The number of aromatic hydroxyl groups is 1. The van der Waals surface area contributed by atoms with Gasteiger partial charge in [-0.2, -0.15) is 0 Å². The van der Waals surface area contributed by atoms with E-state index < -0.39 is 18.2 Å². The first-order chi connectivity index (χ1) is 12.2. The lowest BCUT2D eigenvalue weighted by molar-refractivity contribution is 0.0365. The Balaban J connectivity index is 2.28. The summed E-state index contributed by atoms with van der Waals surface area (Å²) in [5.41, 5.74) is 1.99. The van der Waals surface area contributed by atoms with Crippen molar-refractivity contribution in [3.8, 4) is 5.75 Å². The second kappa shape index (κ2) is 8.54. The number of para-hydroxylation sites is 1. The van der Waals surface area contributed by atoms with Crippen LogP contribution in [-0.2, 0) is 4.74 Å². The Morgan fingerprint density at radius 1 is 1.23 bits per heavy atom. The summed E-state index contributed by atoms with van der Waals surface area (Å²) >= 11 is 0. The molecule has 1 aliphatic rings. The van der Waals surface area contributed by atoms with Crippen molar-refractivity contribution in [2.24, 2.45) is 5.41 Å². The average molecular weight is 358 g/mol. The number of hydrogen-bond donors (Lipinski definition) is 2. The maximum absolute atomic E-state index is 12.5.